The maximum atomic E-state index is 13.6. The molecule has 9 heteroatoms. The zero-order valence-electron chi connectivity index (χ0n) is 22.2. The third kappa shape index (κ3) is 8.18. The maximum Gasteiger partial charge on any atom is 0.224 e. The molecule has 2 fully saturated rings. The van der Waals surface area contributed by atoms with E-state index in [1.165, 1.54) is 31.1 Å². The Labute approximate surface area is 234 Å². The van der Waals surface area contributed by atoms with Crippen molar-refractivity contribution >= 4 is 50.6 Å². The lowest BCUT2D eigenvalue weighted by Crippen LogP contribution is -2.45. The summed E-state index contributed by atoms with van der Waals surface area (Å²) in [6, 6.07) is 5.38. The molecular weight excluding hydrogens is 522 g/mol. The van der Waals surface area contributed by atoms with Crippen molar-refractivity contribution in [1.82, 2.24) is 15.2 Å². The van der Waals surface area contributed by atoms with Gasteiger partial charge in [0.05, 0.1) is 21.1 Å². The number of likely N-dealkylation sites (tertiary alicyclic amines) is 1. The number of nitrogens with zero attached hydrogens (tertiary/aromatic N) is 2. The van der Waals surface area contributed by atoms with Crippen molar-refractivity contribution < 1.29 is 19.1 Å². The number of fused-ring (bicyclic) bond motifs is 1. The van der Waals surface area contributed by atoms with Gasteiger partial charge in [0.1, 0.15) is 5.78 Å². The summed E-state index contributed by atoms with van der Waals surface area (Å²) in [6.45, 7) is 9.53. The highest BCUT2D eigenvalue weighted by Gasteiger charge is 2.30. The van der Waals surface area contributed by atoms with Crippen LogP contribution < -0.4 is 5.32 Å². The third-order valence-corrected chi connectivity index (χ3v) is 8.85. The molecule has 4 rings (SSSR count). The molecule has 2 aromatic rings. The summed E-state index contributed by atoms with van der Waals surface area (Å²) < 4.78 is 6.51. The summed E-state index contributed by atoms with van der Waals surface area (Å²) in [5.74, 6) is -0.416. The number of carbonyl (C=O) groups is 3. The molecule has 0 unspecified atom stereocenters. The van der Waals surface area contributed by atoms with Gasteiger partial charge in [0.15, 0.2) is 5.78 Å². The van der Waals surface area contributed by atoms with Crippen molar-refractivity contribution in [3.63, 3.8) is 0 Å². The summed E-state index contributed by atoms with van der Waals surface area (Å²) >= 11 is 7.63. The molecule has 2 aliphatic rings. The lowest BCUT2D eigenvalue weighted by Gasteiger charge is -2.32. The van der Waals surface area contributed by atoms with Gasteiger partial charge >= 0.3 is 0 Å². The van der Waals surface area contributed by atoms with Gasteiger partial charge in [0.25, 0.3) is 0 Å². The zero-order chi connectivity index (χ0) is 27.1. The molecule has 7 nitrogen and oxygen atoms in total. The minimum atomic E-state index is -0.522. The largest absolute Gasteiger partial charge is 0.381 e. The van der Waals surface area contributed by atoms with E-state index in [4.69, 9.17) is 16.3 Å². The van der Waals surface area contributed by atoms with Gasteiger partial charge in [-0.05, 0) is 76.2 Å². The lowest BCUT2D eigenvalue weighted by atomic mass is 9.87. The van der Waals surface area contributed by atoms with E-state index in [2.05, 4.69) is 21.8 Å². The molecule has 1 amide bonds. The smallest absolute Gasteiger partial charge is 0.224 e. The molecule has 1 N–H and O–H groups in total. The normalized spacial score (nSPS) is 18.4. The molecule has 206 valence electrons. The molecule has 2 aliphatic heterocycles. The molecule has 0 radical (unpaired) electrons. The fourth-order valence-corrected chi connectivity index (χ4v) is 6.78. The number of hydrogen-bond acceptors (Lipinski definition) is 7. The van der Waals surface area contributed by atoms with Crippen molar-refractivity contribution in [2.75, 3.05) is 32.8 Å². The summed E-state index contributed by atoms with van der Waals surface area (Å²) in [5, 5.41) is 4.69. The van der Waals surface area contributed by atoms with E-state index < -0.39 is 5.92 Å². The van der Waals surface area contributed by atoms with Crippen LogP contribution in [0.2, 0.25) is 5.02 Å². The van der Waals surface area contributed by atoms with Crippen LogP contribution in [0.15, 0.2) is 30.4 Å². The van der Waals surface area contributed by atoms with Crippen molar-refractivity contribution in [2.45, 2.75) is 64.3 Å². The fourth-order valence-electron chi connectivity index (χ4n) is 5.46. The second-order valence-electron chi connectivity index (χ2n) is 10.6. The number of hydrogen-bond donors (Lipinski definition) is 1. The molecule has 0 saturated carbocycles. The predicted molar refractivity (Wildman–Crippen MR) is 152 cm³/mol. The minimum Gasteiger partial charge on any atom is -0.381 e. The van der Waals surface area contributed by atoms with E-state index in [1.807, 2.05) is 12.1 Å². The molecule has 1 aromatic carbocycles. The van der Waals surface area contributed by atoms with E-state index in [1.54, 1.807) is 6.07 Å². The Balaban J connectivity index is 1.42. The van der Waals surface area contributed by atoms with E-state index in [0.717, 1.165) is 41.2 Å². The van der Waals surface area contributed by atoms with Crippen LogP contribution in [0.3, 0.4) is 0 Å². The highest BCUT2D eigenvalue weighted by molar-refractivity contribution is 7.18. The van der Waals surface area contributed by atoms with Crippen LogP contribution in [0, 0.1) is 11.8 Å². The lowest BCUT2D eigenvalue weighted by molar-refractivity contribution is -0.130. The first-order chi connectivity index (χ1) is 18.3. The second kappa shape index (κ2) is 13.8. The number of nitrogens with one attached hydrogen (secondary N) is 1. The standard InChI is InChI=1S/C29H38ClN3O4S/c1-19(18-33-11-3-4-12-33)26(35)8-7-24(21-9-13-37-14-10-21)32-29(36)22(15-20(2)34)16-28-31-25-6-5-23(30)17-27(25)38-28/h5-6,17,21-22,24H,1,3-4,7-16,18H2,2H3,(H,32,36)/t22-,24+/m0/s1. The zero-order valence-corrected chi connectivity index (χ0v) is 23.7. The number of Topliss-reactive ketones (excluding diaryl/α,β-unsaturated/α-hetero) is 2. The number of ether oxygens (including phenoxy) is 1. The Morgan fingerprint density at radius 3 is 2.68 bits per heavy atom. The SMILES string of the molecule is C=C(CN1CCCC1)C(=O)CC[C@@H](NC(=O)[C@@H](CC(C)=O)Cc1nc2ccc(Cl)cc2s1)C1CCOCC1. The average molecular weight is 560 g/mol. The first-order valence-electron chi connectivity index (χ1n) is 13.6. The fraction of sp³-hybridized carbons (Fsp3) is 0.586. The Morgan fingerprint density at radius 2 is 1.97 bits per heavy atom. The molecule has 1 aromatic heterocycles. The topological polar surface area (TPSA) is 88.6 Å². The number of ketones is 2. The molecular formula is C29H38ClN3O4S. The number of amides is 1. The molecule has 3 heterocycles. The summed E-state index contributed by atoms with van der Waals surface area (Å²) in [4.78, 5) is 45.5. The van der Waals surface area contributed by atoms with E-state index >= 15 is 0 Å². The van der Waals surface area contributed by atoms with Gasteiger partial charge < -0.3 is 14.8 Å². The minimum absolute atomic E-state index is 0.0367. The predicted octanol–water partition coefficient (Wildman–Crippen LogP) is 5.00. The molecule has 0 spiro atoms. The van der Waals surface area contributed by atoms with Crippen molar-refractivity contribution in [2.24, 2.45) is 11.8 Å². The van der Waals surface area contributed by atoms with Crippen LogP contribution in [0.5, 0.6) is 0 Å². The van der Waals surface area contributed by atoms with Crippen LogP contribution in [0.25, 0.3) is 10.2 Å². The van der Waals surface area contributed by atoms with Crippen molar-refractivity contribution in [3.8, 4) is 0 Å². The van der Waals surface area contributed by atoms with Gasteiger partial charge in [0, 0.05) is 55.7 Å². The molecule has 38 heavy (non-hydrogen) atoms. The van der Waals surface area contributed by atoms with Crippen LogP contribution in [-0.4, -0.2) is 66.2 Å². The monoisotopic (exact) mass is 559 g/mol. The summed E-state index contributed by atoms with van der Waals surface area (Å²) in [6.07, 6.45) is 5.46. The van der Waals surface area contributed by atoms with Gasteiger partial charge in [-0.3, -0.25) is 14.5 Å². The number of rotatable bonds is 13. The van der Waals surface area contributed by atoms with Crippen LogP contribution in [0.1, 0.15) is 56.9 Å². The Kier molecular flexibility index (Phi) is 10.5. The summed E-state index contributed by atoms with van der Waals surface area (Å²) in [7, 11) is 0. The van der Waals surface area contributed by atoms with Crippen LogP contribution in [-0.2, 0) is 25.5 Å². The first-order valence-corrected chi connectivity index (χ1v) is 14.8. The van der Waals surface area contributed by atoms with E-state index in [0.29, 0.717) is 49.6 Å². The molecule has 2 atom stereocenters. The van der Waals surface area contributed by atoms with Crippen molar-refractivity contribution in [1.29, 1.82) is 0 Å². The average Bonchev–Trinajstić information content (AvgIpc) is 3.55. The number of carbonyl (C=O) groups excluding carboxylic acids is 3. The van der Waals surface area contributed by atoms with E-state index in [-0.39, 0.29) is 35.9 Å². The van der Waals surface area contributed by atoms with Gasteiger partial charge in [-0.15, -0.1) is 11.3 Å². The van der Waals surface area contributed by atoms with Crippen LogP contribution in [0.4, 0.5) is 0 Å². The Bertz CT molecular complexity index is 1150. The molecule has 0 bridgehead atoms. The number of thiazole rings is 1. The van der Waals surface area contributed by atoms with Gasteiger partial charge in [-0.1, -0.05) is 18.2 Å². The van der Waals surface area contributed by atoms with Crippen molar-refractivity contribution in [3.05, 3.63) is 40.4 Å². The quantitative estimate of drug-likeness (QED) is 0.347. The molecule has 0 aliphatic carbocycles. The number of benzene rings is 1. The van der Waals surface area contributed by atoms with E-state index in [9.17, 15) is 14.4 Å². The number of halogens is 1. The summed E-state index contributed by atoms with van der Waals surface area (Å²) in [5.41, 5.74) is 1.48. The van der Waals surface area contributed by atoms with Crippen LogP contribution >= 0.6 is 22.9 Å². The molecule has 2 saturated heterocycles. The highest BCUT2D eigenvalue weighted by Crippen LogP contribution is 2.28. The van der Waals surface area contributed by atoms with Gasteiger partial charge in [0.2, 0.25) is 5.91 Å². The first kappa shape index (κ1) is 28.9. The number of aromatic nitrogens is 1. The second-order valence-corrected chi connectivity index (χ2v) is 12.2. The maximum absolute atomic E-state index is 13.6. The highest BCUT2D eigenvalue weighted by atomic mass is 35.5. The third-order valence-electron chi connectivity index (χ3n) is 7.57. The Hall–Kier alpha value is -2.13. The van der Waals surface area contributed by atoms with Gasteiger partial charge in [-0.2, -0.15) is 0 Å². The Morgan fingerprint density at radius 1 is 1.24 bits per heavy atom. The van der Waals surface area contributed by atoms with Gasteiger partial charge in [-0.25, -0.2) is 4.98 Å².